The van der Waals surface area contributed by atoms with Crippen LogP contribution in [0.4, 0.5) is 0 Å². The van der Waals surface area contributed by atoms with Crippen LogP contribution >= 0.6 is 0 Å². The van der Waals surface area contributed by atoms with Crippen LogP contribution in [0.5, 0.6) is 0 Å². The van der Waals surface area contributed by atoms with Gasteiger partial charge in [-0.25, -0.2) is 0 Å². The van der Waals surface area contributed by atoms with Crippen molar-refractivity contribution in [2.75, 3.05) is 13.1 Å². The van der Waals surface area contributed by atoms with Crippen molar-refractivity contribution >= 4 is 11.9 Å². The van der Waals surface area contributed by atoms with Gasteiger partial charge in [0.2, 0.25) is 5.91 Å². The summed E-state index contributed by atoms with van der Waals surface area (Å²) in [4.78, 5) is 25.6. The van der Waals surface area contributed by atoms with Crippen LogP contribution < -0.4 is 0 Å². The van der Waals surface area contributed by atoms with Crippen molar-refractivity contribution in [3.8, 4) is 0 Å². The number of carboxylic acids is 1. The van der Waals surface area contributed by atoms with E-state index in [1.54, 1.807) is 4.90 Å². The van der Waals surface area contributed by atoms with E-state index in [-0.39, 0.29) is 11.3 Å². The van der Waals surface area contributed by atoms with Gasteiger partial charge in [0.25, 0.3) is 0 Å². The number of likely N-dealkylation sites (tertiary alicyclic amines) is 1. The SMILES string of the molecule is CC1(C)CCCN(C(=O)C2(C(=O)O)CCC2)CC1. The molecule has 0 aromatic heterocycles. The molecule has 102 valence electrons. The molecule has 2 rings (SSSR count). The average molecular weight is 253 g/mol. The second-order valence-corrected chi connectivity index (χ2v) is 6.55. The molecule has 2 aliphatic rings. The third-order valence-corrected chi connectivity index (χ3v) is 4.65. The Kier molecular flexibility index (Phi) is 3.39. The molecule has 1 saturated carbocycles. The Hall–Kier alpha value is -1.06. The Bertz CT molecular complexity index is 358. The number of hydrogen-bond acceptors (Lipinski definition) is 2. The molecule has 1 N–H and O–H groups in total. The average Bonchev–Trinajstić information content (AvgIpc) is 2.36. The number of rotatable bonds is 2. The Morgan fingerprint density at radius 1 is 1.00 bits per heavy atom. The Morgan fingerprint density at radius 3 is 2.17 bits per heavy atom. The van der Waals surface area contributed by atoms with Gasteiger partial charge in [0.05, 0.1) is 0 Å². The quantitative estimate of drug-likeness (QED) is 0.768. The lowest BCUT2D eigenvalue weighted by Gasteiger charge is -2.39. The maximum absolute atomic E-state index is 12.5. The molecule has 0 aromatic rings. The predicted molar refractivity (Wildman–Crippen MR) is 68.1 cm³/mol. The lowest BCUT2D eigenvalue weighted by Crippen LogP contribution is -2.52. The number of amides is 1. The second kappa shape index (κ2) is 4.56. The van der Waals surface area contributed by atoms with E-state index in [4.69, 9.17) is 0 Å². The van der Waals surface area contributed by atoms with Gasteiger partial charge in [0.1, 0.15) is 5.41 Å². The van der Waals surface area contributed by atoms with Gasteiger partial charge in [-0.1, -0.05) is 20.3 Å². The highest BCUT2D eigenvalue weighted by Gasteiger charge is 2.53. The fourth-order valence-electron chi connectivity index (χ4n) is 2.98. The summed E-state index contributed by atoms with van der Waals surface area (Å²) in [6, 6.07) is 0. The van der Waals surface area contributed by atoms with Gasteiger partial charge in [0, 0.05) is 13.1 Å². The van der Waals surface area contributed by atoms with Gasteiger partial charge in [-0.3, -0.25) is 9.59 Å². The maximum Gasteiger partial charge on any atom is 0.319 e. The van der Waals surface area contributed by atoms with Crippen molar-refractivity contribution in [3.63, 3.8) is 0 Å². The van der Waals surface area contributed by atoms with E-state index in [0.717, 1.165) is 32.2 Å². The van der Waals surface area contributed by atoms with Crippen LogP contribution in [0.3, 0.4) is 0 Å². The molecule has 1 heterocycles. The van der Waals surface area contributed by atoms with Crippen LogP contribution in [0.2, 0.25) is 0 Å². The zero-order chi connectivity index (χ0) is 13.4. The van der Waals surface area contributed by atoms with Gasteiger partial charge in [-0.2, -0.15) is 0 Å². The first-order valence-corrected chi connectivity index (χ1v) is 6.90. The maximum atomic E-state index is 12.5. The second-order valence-electron chi connectivity index (χ2n) is 6.55. The first-order valence-electron chi connectivity index (χ1n) is 6.90. The number of carbonyl (C=O) groups excluding carboxylic acids is 1. The van der Waals surface area contributed by atoms with Crippen LogP contribution in [-0.4, -0.2) is 35.0 Å². The van der Waals surface area contributed by atoms with E-state index in [9.17, 15) is 14.7 Å². The monoisotopic (exact) mass is 253 g/mol. The summed E-state index contributed by atoms with van der Waals surface area (Å²) in [5.74, 6) is -1.07. The van der Waals surface area contributed by atoms with Crippen molar-refractivity contribution in [2.24, 2.45) is 10.8 Å². The molecule has 18 heavy (non-hydrogen) atoms. The minimum atomic E-state index is -1.09. The third-order valence-electron chi connectivity index (χ3n) is 4.65. The zero-order valence-corrected chi connectivity index (χ0v) is 11.4. The summed E-state index contributed by atoms with van der Waals surface area (Å²) in [6.45, 7) is 5.87. The lowest BCUT2D eigenvalue weighted by molar-refractivity contribution is -0.167. The van der Waals surface area contributed by atoms with Crippen molar-refractivity contribution in [2.45, 2.75) is 52.4 Å². The molecule has 4 heteroatoms. The van der Waals surface area contributed by atoms with E-state index >= 15 is 0 Å². The third kappa shape index (κ3) is 2.25. The molecule has 1 aliphatic carbocycles. The Labute approximate surface area is 108 Å². The van der Waals surface area contributed by atoms with E-state index in [1.807, 2.05) is 0 Å². The number of nitrogens with zero attached hydrogens (tertiary/aromatic N) is 1. The molecule has 2 fully saturated rings. The summed E-state index contributed by atoms with van der Waals surface area (Å²) >= 11 is 0. The Morgan fingerprint density at radius 2 is 1.67 bits per heavy atom. The van der Waals surface area contributed by atoms with Crippen LogP contribution in [0.15, 0.2) is 0 Å². The summed E-state index contributed by atoms with van der Waals surface area (Å²) in [6.07, 6.45) is 4.94. The number of aliphatic carboxylic acids is 1. The minimum Gasteiger partial charge on any atom is -0.480 e. The van der Waals surface area contributed by atoms with Crippen molar-refractivity contribution in [1.29, 1.82) is 0 Å². The largest absolute Gasteiger partial charge is 0.480 e. The highest BCUT2D eigenvalue weighted by Crippen LogP contribution is 2.43. The molecule has 0 aromatic carbocycles. The Balaban J connectivity index is 2.07. The van der Waals surface area contributed by atoms with Crippen LogP contribution in [0.1, 0.15) is 52.4 Å². The molecule has 0 spiro atoms. The van der Waals surface area contributed by atoms with Crippen molar-refractivity contribution < 1.29 is 14.7 Å². The van der Waals surface area contributed by atoms with Gasteiger partial charge in [-0.05, 0) is 37.5 Å². The molecular weight excluding hydrogens is 230 g/mol. The molecular formula is C14H23NO3. The van der Waals surface area contributed by atoms with Crippen LogP contribution in [-0.2, 0) is 9.59 Å². The smallest absolute Gasteiger partial charge is 0.319 e. The van der Waals surface area contributed by atoms with E-state index in [2.05, 4.69) is 13.8 Å². The first-order chi connectivity index (χ1) is 8.37. The molecule has 1 amide bonds. The van der Waals surface area contributed by atoms with Gasteiger partial charge >= 0.3 is 5.97 Å². The minimum absolute atomic E-state index is 0.140. The summed E-state index contributed by atoms with van der Waals surface area (Å²) < 4.78 is 0. The highest BCUT2D eigenvalue weighted by molar-refractivity contribution is 6.02. The van der Waals surface area contributed by atoms with Gasteiger partial charge in [-0.15, -0.1) is 0 Å². The molecule has 0 bridgehead atoms. The lowest BCUT2D eigenvalue weighted by atomic mass is 9.67. The van der Waals surface area contributed by atoms with Gasteiger partial charge < -0.3 is 10.0 Å². The number of carbonyl (C=O) groups is 2. The van der Waals surface area contributed by atoms with E-state index in [1.165, 1.54) is 0 Å². The molecule has 0 radical (unpaired) electrons. The standard InChI is InChI=1S/C14H23NO3/c1-13(2)5-4-9-15(10-8-13)11(16)14(12(17)18)6-3-7-14/h3-10H2,1-2H3,(H,17,18). The van der Waals surface area contributed by atoms with E-state index in [0.29, 0.717) is 19.4 Å². The zero-order valence-electron chi connectivity index (χ0n) is 11.4. The summed E-state index contributed by atoms with van der Waals surface area (Å²) in [5.41, 5.74) is -0.820. The summed E-state index contributed by atoms with van der Waals surface area (Å²) in [7, 11) is 0. The van der Waals surface area contributed by atoms with Gasteiger partial charge in [0.15, 0.2) is 0 Å². The van der Waals surface area contributed by atoms with E-state index < -0.39 is 11.4 Å². The normalized spacial score (nSPS) is 26.0. The van der Waals surface area contributed by atoms with Crippen LogP contribution in [0, 0.1) is 10.8 Å². The molecule has 1 aliphatic heterocycles. The first kappa shape index (κ1) is 13.4. The molecule has 1 saturated heterocycles. The topological polar surface area (TPSA) is 57.6 Å². The van der Waals surface area contributed by atoms with Crippen molar-refractivity contribution in [3.05, 3.63) is 0 Å². The van der Waals surface area contributed by atoms with Crippen LogP contribution in [0.25, 0.3) is 0 Å². The molecule has 4 nitrogen and oxygen atoms in total. The molecule has 0 atom stereocenters. The molecule has 0 unspecified atom stereocenters. The van der Waals surface area contributed by atoms with Crippen molar-refractivity contribution in [1.82, 2.24) is 4.90 Å². The fraction of sp³-hybridized carbons (Fsp3) is 0.857. The summed E-state index contributed by atoms with van der Waals surface area (Å²) in [5, 5.41) is 9.31. The number of hydrogen-bond donors (Lipinski definition) is 1. The highest BCUT2D eigenvalue weighted by atomic mass is 16.4. The fourth-order valence-corrected chi connectivity index (χ4v) is 2.98. The number of carboxylic acid groups (broad SMARTS) is 1. The predicted octanol–water partition coefficient (Wildman–Crippen LogP) is 2.28.